The molecule has 7 nitrogen and oxygen atoms in total. The Morgan fingerprint density at radius 3 is 2.33 bits per heavy atom. The van der Waals surface area contributed by atoms with Crippen molar-refractivity contribution in [3.8, 4) is 0 Å². The number of rotatable bonds is 5. The molecule has 0 unspecified atom stereocenters. The van der Waals surface area contributed by atoms with Crippen LogP contribution in [0.4, 0.5) is 17.1 Å². The van der Waals surface area contributed by atoms with Crippen LogP contribution in [0.3, 0.4) is 0 Å². The lowest BCUT2D eigenvalue weighted by Crippen LogP contribution is -2.19. The van der Waals surface area contributed by atoms with E-state index in [4.69, 9.17) is 0 Å². The fraction of sp³-hybridized carbons (Fsp3) is 0.176. The van der Waals surface area contributed by atoms with E-state index < -0.39 is 10.8 Å². The number of amides is 1. The molecule has 2 aromatic rings. The van der Waals surface area contributed by atoms with Crippen LogP contribution in [0, 0.1) is 10.1 Å². The van der Waals surface area contributed by atoms with Crippen molar-refractivity contribution >= 4 is 28.8 Å². The van der Waals surface area contributed by atoms with Crippen LogP contribution in [0.2, 0.25) is 0 Å². The molecule has 0 atom stereocenters. The number of non-ortho nitro benzene ring substituents is 1. The average Bonchev–Trinajstić information content (AvgIpc) is 2.54. The normalized spacial score (nSPS) is 10.1. The fourth-order valence-corrected chi connectivity index (χ4v) is 2.30. The number of carbonyl (C=O) groups is 2. The van der Waals surface area contributed by atoms with Crippen LogP contribution in [-0.4, -0.2) is 30.7 Å². The Labute approximate surface area is 139 Å². The van der Waals surface area contributed by atoms with E-state index in [0.717, 1.165) is 0 Å². The highest BCUT2D eigenvalue weighted by molar-refractivity contribution is 6.11. The Balaban J connectivity index is 2.44. The maximum absolute atomic E-state index is 12.6. The summed E-state index contributed by atoms with van der Waals surface area (Å²) in [6, 6.07) is 10.7. The largest absolute Gasteiger partial charge is 0.377 e. The summed E-state index contributed by atoms with van der Waals surface area (Å²) < 4.78 is 0. The Morgan fingerprint density at radius 1 is 1.08 bits per heavy atom. The zero-order chi connectivity index (χ0) is 17.9. The number of Topliss-reactive ketones (excluding diaryl/α,β-unsaturated/α-hetero) is 1. The second kappa shape index (κ2) is 6.91. The molecule has 0 aliphatic heterocycles. The zero-order valence-electron chi connectivity index (χ0n) is 13.6. The van der Waals surface area contributed by atoms with Crippen LogP contribution in [0.5, 0.6) is 0 Å². The summed E-state index contributed by atoms with van der Waals surface area (Å²) in [6.07, 6.45) is 0. The van der Waals surface area contributed by atoms with Crippen molar-refractivity contribution in [2.24, 2.45) is 0 Å². The van der Waals surface area contributed by atoms with Crippen LogP contribution < -0.4 is 10.2 Å². The molecular formula is C17H17N3O4. The monoisotopic (exact) mass is 327 g/mol. The third-order valence-electron chi connectivity index (χ3n) is 3.47. The third kappa shape index (κ3) is 3.57. The number of hydrogen-bond acceptors (Lipinski definition) is 5. The van der Waals surface area contributed by atoms with Gasteiger partial charge in [-0.05, 0) is 25.1 Å². The second-order valence-corrected chi connectivity index (χ2v) is 5.41. The van der Waals surface area contributed by atoms with Crippen molar-refractivity contribution in [1.29, 1.82) is 0 Å². The van der Waals surface area contributed by atoms with Crippen molar-refractivity contribution in [3.63, 3.8) is 0 Å². The quantitative estimate of drug-likeness (QED) is 0.517. The summed E-state index contributed by atoms with van der Waals surface area (Å²) in [6.45, 7) is 1.41. The summed E-state index contributed by atoms with van der Waals surface area (Å²) in [5, 5.41) is 13.6. The molecule has 0 saturated carbocycles. The highest BCUT2D eigenvalue weighted by Gasteiger charge is 2.19. The van der Waals surface area contributed by atoms with Gasteiger partial charge in [0.05, 0.1) is 16.2 Å². The molecule has 0 spiro atoms. The minimum absolute atomic E-state index is 0.160. The van der Waals surface area contributed by atoms with Gasteiger partial charge in [0.15, 0.2) is 5.78 Å². The van der Waals surface area contributed by atoms with Gasteiger partial charge in [-0.2, -0.15) is 0 Å². The van der Waals surface area contributed by atoms with E-state index in [1.165, 1.54) is 25.1 Å². The van der Waals surface area contributed by atoms with Gasteiger partial charge in [0, 0.05) is 37.5 Å². The molecule has 124 valence electrons. The molecule has 0 radical (unpaired) electrons. The lowest BCUT2D eigenvalue weighted by molar-refractivity contribution is -0.384. The highest BCUT2D eigenvalue weighted by atomic mass is 16.6. The number of ketones is 1. The number of carbonyl (C=O) groups excluding carboxylic acids is 2. The molecule has 0 aliphatic rings. The van der Waals surface area contributed by atoms with Crippen molar-refractivity contribution in [2.45, 2.75) is 6.92 Å². The van der Waals surface area contributed by atoms with Gasteiger partial charge < -0.3 is 10.2 Å². The highest BCUT2D eigenvalue weighted by Crippen LogP contribution is 2.26. The predicted molar refractivity (Wildman–Crippen MR) is 91.8 cm³/mol. The molecule has 7 heteroatoms. The van der Waals surface area contributed by atoms with Crippen molar-refractivity contribution < 1.29 is 14.5 Å². The average molecular weight is 327 g/mol. The number of nitrogens with one attached hydrogen (secondary N) is 1. The lowest BCUT2D eigenvalue weighted by Gasteiger charge is -2.17. The smallest absolute Gasteiger partial charge is 0.270 e. The first-order valence-electron chi connectivity index (χ1n) is 7.18. The van der Waals surface area contributed by atoms with E-state index in [2.05, 4.69) is 5.32 Å². The first-order chi connectivity index (χ1) is 11.3. The molecule has 0 bridgehead atoms. The molecule has 0 aromatic heterocycles. The van der Waals surface area contributed by atoms with Crippen LogP contribution in [0.15, 0.2) is 42.5 Å². The van der Waals surface area contributed by atoms with E-state index in [-0.39, 0.29) is 17.0 Å². The van der Waals surface area contributed by atoms with Gasteiger partial charge in [-0.3, -0.25) is 19.7 Å². The summed E-state index contributed by atoms with van der Waals surface area (Å²) in [5.74, 6) is -0.700. The number of nitro benzene ring substituents is 1. The van der Waals surface area contributed by atoms with Crippen LogP contribution >= 0.6 is 0 Å². The number of anilines is 2. The van der Waals surface area contributed by atoms with Crippen LogP contribution in [0.25, 0.3) is 0 Å². The van der Waals surface area contributed by atoms with Gasteiger partial charge in [-0.25, -0.2) is 0 Å². The van der Waals surface area contributed by atoms with E-state index in [9.17, 15) is 19.7 Å². The van der Waals surface area contributed by atoms with Gasteiger partial charge in [0.1, 0.15) is 0 Å². The fourth-order valence-electron chi connectivity index (χ4n) is 2.30. The van der Waals surface area contributed by atoms with E-state index in [1.807, 2.05) is 0 Å². The van der Waals surface area contributed by atoms with Crippen molar-refractivity contribution in [2.75, 3.05) is 24.3 Å². The molecule has 2 rings (SSSR count). The summed E-state index contributed by atoms with van der Waals surface area (Å²) in [5.41, 5.74) is 1.27. The maximum atomic E-state index is 12.6. The SMILES string of the molecule is CC(=O)c1ccccc1NC(=O)c1cc([N+](=O)[O-])ccc1N(C)C. The standard InChI is InChI=1S/C17H17N3O4/c1-11(21)13-6-4-5-7-15(13)18-17(22)14-10-12(20(23)24)8-9-16(14)19(2)3/h4-10H,1-3H3,(H,18,22). The number of nitrogens with zero attached hydrogens (tertiary/aromatic N) is 2. The lowest BCUT2D eigenvalue weighted by atomic mass is 10.1. The summed E-state index contributed by atoms with van der Waals surface area (Å²) >= 11 is 0. The number of hydrogen-bond donors (Lipinski definition) is 1. The van der Waals surface area contributed by atoms with Crippen molar-refractivity contribution in [1.82, 2.24) is 0 Å². The second-order valence-electron chi connectivity index (χ2n) is 5.41. The van der Waals surface area contributed by atoms with Gasteiger partial charge in [-0.15, -0.1) is 0 Å². The van der Waals surface area contributed by atoms with Gasteiger partial charge in [-0.1, -0.05) is 12.1 Å². The third-order valence-corrected chi connectivity index (χ3v) is 3.47. The molecule has 0 saturated heterocycles. The Hall–Kier alpha value is -3.22. The van der Waals surface area contributed by atoms with Gasteiger partial charge in [0.25, 0.3) is 11.6 Å². The minimum atomic E-state index is -0.556. The number of nitro groups is 1. The van der Waals surface area contributed by atoms with Crippen LogP contribution in [0.1, 0.15) is 27.6 Å². The Bertz CT molecular complexity index is 815. The van der Waals surface area contributed by atoms with Gasteiger partial charge >= 0.3 is 0 Å². The summed E-state index contributed by atoms with van der Waals surface area (Å²) in [4.78, 5) is 36.4. The Morgan fingerprint density at radius 2 is 1.75 bits per heavy atom. The first-order valence-corrected chi connectivity index (χ1v) is 7.18. The minimum Gasteiger partial charge on any atom is -0.377 e. The zero-order valence-corrected chi connectivity index (χ0v) is 13.6. The van der Waals surface area contributed by atoms with Crippen molar-refractivity contribution in [3.05, 3.63) is 63.7 Å². The molecule has 0 aliphatic carbocycles. The van der Waals surface area contributed by atoms with E-state index >= 15 is 0 Å². The Kier molecular flexibility index (Phi) is 4.93. The number of benzene rings is 2. The van der Waals surface area contributed by atoms with Crippen LogP contribution in [-0.2, 0) is 0 Å². The topological polar surface area (TPSA) is 92.5 Å². The summed E-state index contributed by atoms with van der Waals surface area (Å²) in [7, 11) is 3.48. The predicted octanol–water partition coefficient (Wildman–Crippen LogP) is 3.12. The molecule has 0 heterocycles. The first kappa shape index (κ1) is 17.1. The molecule has 0 fully saturated rings. The van der Waals surface area contributed by atoms with E-state index in [1.54, 1.807) is 43.3 Å². The molecule has 24 heavy (non-hydrogen) atoms. The van der Waals surface area contributed by atoms with E-state index in [0.29, 0.717) is 16.9 Å². The molecular weight excluding hydrogens is 310 g/mol. The maximum Gasteiger partial charge on any atom is 0.270 e. The van der Waals surface area contributed by atoms with Gasteiger partial charge in [0.2, 0.25) is 0 Å². The molecule has 1 amide bonds. The number of para-hydroxylation sites is 1. The molecule has 1 N–H and O–H groups in total. The molecule has 2 aromatic carbocycles.